The number of hydrogen-bond acceptors (Lipinski definition) is 3. The van der Waals surface area contributed by atoms with E-state index in [1.54, 1.807) is 0 Å². The molecule has 0 aromatic rings. The number of aliphatic hydroxyl groups excluding tert-OH is 1. The van der Waals surface area contributed by atoms with E-state index < -0.39 is 6.23 Å². The van der Waals surface area contributed by atoms with Crippen molar-refractivity contribution in [1.29, 1.82) is 0 Å². The summed E-state index contributed by atoms with van der Waals surface area (Å²) in [5.41, 5.74) is 1.54. The zero-order valence-electron chi connectivity index (χ0n) is 3.06. The number of halogens is 1. The number of rotatable bonds is 2. The summed E-state index contributed by atoms with van der Waals surface area (Å²) in [5, 5.41) is 15.9. The lowest BCUT2D eigenvalue weighted by Crippen LogP contribution is -2.26. The third-order valence-corrected chi connectivity index (χ3v) is 0.587. The van der Waals surface area contributed by atoms with Crippen LogP contribution in [-0.2, 0) is 0 Å². The normalized spacial score (nSPS) is 14.5. The van der Waals surface area contributed by atoms with Crippen LogP contribution in [0.4, 0.5) is 0 Å². The summed E-state index contributed by atoms with van der Waals surface area (Å²) in [5.74, 6) is -0.00347. The lowest BCUT2D eigenvalue weighted by Gasteiger charge is -1.98. The summed E-state index contributed by atoms with van der Waals surface area (Å²) in [4.78, 5) is 0. The Morgan fingerprint density at radius 3 is 2.33 bits per heavy atom. The standard InChI is InChI=1S/C2H6ClNO2/c3-1-2(5)4-6/h2,4-6H,1H2. The van der Waals surface area contributed by atoms with Crippen LogP contribution in [0.3, 0.4) is 0 Å². The van der Waals surface area contributed by atoms with Gasteiger partial charge < -0.3 is 10.3 Å². The van der Waals surface area contributed by atoms with E-state index in [1.807, 2.05) is 0 Å². The van der Waals surface area contributed by atoms with Crippen molar-refractivity contribution in [2.24, 2.45) is 0 Å². The third kappa shape index (κ3) is 2.41. The molecule has 4 heteroatoms. The van der Waals surface area contributed by atoms with Crippen molar-refractivity contribution in [3.05, 3.63) is 0 Å². The van der Waals surface area contributed by atoms with Gasteiger partial charge in [-0.25, -0.2) is 0 Å². The molecule has 0 saturated carbocycles. The fraction of sp³-hybridized carbons (Fsp3) is 1.00. The van der Waals surface area contributed by atoms with Crippen molar-refractivity contribution in [2.45, 2.75) is 6.23 Å². The van der Waals surface area contributed by atoms with Crippen molar-refractivity contribution in [3.63, 3.8) is 0 Å². The summed E-state index contributed by atoms with van der Waals surface area (Å²) in [6.45, 7) is 0. The van der Waals surface area contributed by atoms with Gasteiger partial charge in [-0.15, -0.1) is 11.6 Å². The van der Waals surface area contributed by atoms with Gasteiger partial charge in [-0.05, 0) is 0 Å². The summed E-state index contributed by atoms with van der Waals surface area (Å²) in [6, 6.07) is 0. The van der Waals surface area contributed by atoms with Crippen LogP contribution in [0.1, 0.15) is 0 Å². The molecule has 3 N–H and O–H groups in total. The van der Waals surface area contributed by atoms with Crippen LogP contribution in [0.15, 0.2) is 0 Å². The molecule has 0 aliphatic heterocycles. The van der Waals surface area contributed by atoms with E-state index in [0.717, 1.165) is 0 Å². The number of alkyl halides is 1. The van der Waals surface area contributed by atoms with Crippen LogP contribution in [0.2, 0.25) is 0 Å². The van der Waals surface area contributed by atoms with Crippen molar-refractivity contribution in [2.75, 3.05) is 5.88 Å². The minimum Gasteiger partial charge on any atom is -0.375 e. The second-order valence-electron chi connectivity index (χ2n) is 0.799. The predicted molar refractivity (Wildman–Crippen MR) is 21.6 cm³/mol. The second-order valence-corrected chi connectivity index (χ2v) is 1.11. The Labute approximate surface area is 40.5 Å². The molecule has 0 aromatic carbocycles. The van der Waals surface area contributed by atoms with Crippen molar-refractivity contribution in [3.8, 4) is 0 Å². The lowest BCUT2D eigenvalue weighted by molar-refractivity contribution is 0.0164. The molecule has 0 saturated heterocycles. The zero-order chi connectivity index (χ0) is 4.99. The van der Waals surface area contributed by atoms with Crippen LogP contribution in [-0.4, -0.2) is 22.4 Å². The first kappa shape index (κ1) is 6.17. The number of nitrogens with one attached hydrogen (secondary N) is 1. The largest absolute Gasteiger partial charge is 0.375 e. The molecule has 0 spiro atoms. The van der Waals surface area contributed by atoms with Gasteiger partial charge in [-0.3, -0.25) is 0 Å². The highest BCUT2D eigenvalue weighted by atomic mass is 35.5. The molecule has 1 unspecified atom stereocenters. The van der Waals surface area contributed by atoms with E-state index in [4.69, 9.17) is 21.9 Å². The summed E-state index contributed by atoms with van der Waals surface area (Å²) < 4.78 is 0. The lowest BCUT2D eigenvalue weighted by atomic mass is 10.7. The van der Waals surface area contributed by atoms with Gasteiger partial charge in [0.15, 0.2) is 0 Å². The van der Waals surface area contributed by atoms with Gasteiger partial charge in [-0.2, -0.15) is 5.48 Å². The number of aliphatic hydroxyl groups is 1. The fourth-order valence-corrected chi connectivity index (χ4v) is 0.104. The Bertz CT molecular complexity index is 30.7. The highest BCUT2D eigenvalue weighted by molar-refractivity contribution is 6.18. The maximum absolute atomic E-state index is 8.17. The van der Waals surface area contributed by atoms with E-state index in [9.17, 15) is 0 Å². The molecule has 0 amide bonds. The van der Waals surface area contributed by atoms with Crippen LogP contribution < -0.4 is 5.48 Å². The smallest absolute Gasteiger partial charge is 0.140 e. The van der Waals surface area contributed by atoms with Gasteiger partial charge in [0.1, 0.15) is 6.23 Å². The van der Waals surface area contributed by atoms with Gasteiger partial charge in [0, 0.05) is 0 Å². The first-order chi connectivity index (χ1) is 2.81. The Hall–Kier alpha value is 0.170. The van der Waals surface area contributed by atoms with E-state index in [1.165, 1.54) is 5.48 Å². The van der Waals surface area contributed by atoms with E-state index in [-0.39, 0.29) is 5.88 Å². The van der Waals surface area contributed by atoms with Gasteiger partial charge >= 0.3 is 0 Å². The Morgan fingerprint density at radius 1 is 1.83 bits per heavy atom. The van der Waals surface area contributed by atoms with Gasteiger partial charge in [-0.1, -0.05) is 0 Å². The molecule has 6 heavy (non-hydrogen) atoms. The van der Waals surface area contributed by atoms with Crippen molar-refractivity contribution in [1.82, 2.24) is 5.48 Å². The Balaban J connectivity index is 2.75. The van der Waals surface area contributed by atoms with Gasteiger partial charge in [0.05, 0.1) is 5.88 Å². The van der Waals surface area contributed by atoms with Gasteiger partial charge in [0.2, 0.25) is 0 Å². The van der Waals surface area contributed by atoms with Crippen molar-refractivity contribution >= 4 is 11.6 Å². The highest BCUT2D eigenvalue weighted by Crippen LogP contribution is 1.76. The Kier molecular flexibility index (Phi) is 3.46. The molecular weight excluding hydrogens is 105 g/mol. The molecule has 3 nitrogen and oxygen atoms in total. The third-order valence-electron chi connectivity index (χ3n) is 0.295. The summed E-state index contributed by atoms with van der Waals surface area (Å²) in [6.07, 6.45) is -0.994. The minimum absolute atomic E-state index is 0.00347. The van der Waals surface area contributed by atoms with Crippen LogP contribution in [0.5, 0.6) is 0 Å². The molecule has 1 atom stereocenters. The summed E-state index contributed by atoms with van der Waals surface area (Å²) in [7, 11) is 0. The predicted octanol–water partition coefficient (Wildman–Crippen LogP) is -0.478. The molecule has 0 aliphatic carbocycles. The molecule has 0 fully saturated rings. The quantitative estimate of drug-likeness (QED) is 0.256. The first-order valence-electron chi connectivity index (χ1n) is 1.45. The van der Waals surface area contributed by atoms with E-state index in [2.05, 4.69) is 0 Å². The Morgan fingerprint density at radius 2 is 2.33 bits per heavy atom. The average molecular weight is 112 g/mol. The topological polar surface area (TPSA) is 52.5 Å². The van der Waals surface area contributed by atoms with Crippen LogP contribution >= 0.6 is 11.6 Å². The molecular formula is C2H6ClNO2. The van der Waals surface area contributed by atoms with Crippen LogP contribution in [0.25, 0.3) is 0 Å². The maximum atomic E-state index is 8.17. The maximum Gasteiger partial charge on any atom is 0.140 e. The molecule has 0 radical (unpaired) electrons. The molecule has 0 aliphatic rings. The number of hydroxylamine groups is 1. The highest BCUT2D eigenvalue weighted by Gasteiger charge is 1.92. The summed E-state index contributed by atoms with van der Waals surface area (Å²) >= 11 is 4.98. The van der Waals surface area contributed by atoms with Gasteiger partial charge in [0.25, 0.3) is 0 Å². The van der Waals surface area contributed by atoms with Crippen molar-refractivity contribution < 1.29 is 10.3 Å². The zero-order valence-corrected chi connectivity index (χ0v) is 3.81. The number of hydrogen-bond donors (Lipinski definition) is 3. The second kappa shape index (κ2) is 3.36. The monoisotopic (exact) mass is 111 g/mol. The SMILES string of the molecule is ONC(O)CCl. The molecule has 0 heterocycles. The molecule has 0 bridgehead atoms. The molecule has 38 valence electrons. The van der Waals surface area contributed by atoms with E-state index in [0.29, 0.717) is 0 Å². The molecule has 0 rings (SSSR count). The van der Waals surface area contributed by atoms with Crippen LogP contribution in [0, 0.1) is 0 Å². The fourth-order valence-electron chi connectivity index (χ4n) is 0.0345. The van der Waals surface area contributed by atoms with E-state index >= 15 is 0 Å². The molecule has 0 aromatic heterocycles. The first-order valence-corrected chi connectivity index (χ1v) is 1.98. The minimum atomic E-state index is -0.994. The average Bonchev–Trinajstić information content (AvgIpc) is 1.65.